The number of carbonyl (C=O) groups is 2. The Bertz CT molecular complexity index is 630. The van der Waals surface area contributed by atoms with E-state index in [0.29, 0.717) is 12.1 Å². The van der Waals surface area contributed by atoms with Crippen molar-refractivity contribution in [1.82, 2.24) is 0 Å². The number of methoxy groups -OCH3 is 1. The second-order valence-electron chi connectivity index (χ2n) is 6.85. The van der Waals surface area contributed by atoms with Crippen LogP contribution in [-0.2, 0) is 19.1 Å². The van der Waals surface area contributed by atoms with Crippen LogP contribution in [0.1, 0.15) is 39.7 Å². The summed E-state index contributed by atoms with van der Waals surface area (Å²) in [6, 6.07) is 9.52. The van der Waals surface area contributed by atoms with Crippen LogP contribution in [0.4, 0.5) is 0 Å². The van der Waals surface area contributed by atoms with Gasteiger partial charge in [0.1, 0.15) is 5.60 Å². The number of nitrogens with zero attached hydrogens (tertiary/aromatic N) is 1. The van der Waals surface area contributed by atoms with Gasteiger partial charge in [-0.2, -0.15) is 0 Å². The lowest BCUT2D eigenvalue weighted by Gasteiger charge is -2.28. The average Bonchev–Trinajstić information content (AvgIpc) is 2.85. The number of ether oxygens (including phenoxy) is 2. The van der Waals surface area contributed by atoms with E-state index in [2.05, 4.69) is 4.99 Å². The number of hydrogen-bond donors (Lipinski definition) is 0. The Morgan fingerprint density at radius 3 is 2.35 bits per heavy atom. The summed E-state index contributed by atoms with van der Waals surface area (Å²) < 4.78 is 10.4. The lowest BCUT2D eigenvalue weighted by Crippen LogP contribution is -2.45. The monoisotopic (exact) mass is 317 g/mol. The molecule has 0 saturated carbocycles. The van der Waals surface area contributed by atoms with Gasteiger partial charge in [-0.05, 0) is 33.3 Å². The SMILES string of the molecule is COC(=O)[C@]1(C)N=C(c2ccccc2)C[C@H]1C(=O)OC(C)(C)C. The molecule has 0 N–H and O–H groups in total. The second-order valence-corrected chi connectivity index (χ2v) is 6.85. The topological polar surface area (TPSA) is 65.0 Å². The van der Waals surface area contributed by atoms with Gasteiger partial charge >= 0.3 is 11.9 Å². The fourth-order valence-corrected chi connectivity index (χ4v) is 2.69. The maximum absolute atomic E-state index is 12.6. The average molecular weight is 317 g/mol. The third kappa shape index (κ3) is 3.60. The summed E-state index contributed by atoms with van der Waals surface area (Å²) >= 11 is 0. The smallest absolute Gasteiger partial charge is 0.334 e. The number of carbonyl (C=O) groups excluding carboxylic acids is 2. The van der Waals surface area contributed by atoms with Gasteiger partial charge in [-0.3, -0.25) is 9.79 Å². The van der Waals surface area contributed by atoms with E-state index in [9.17, 15) is 9.59 Å². The molecule has 0 aromatic heterocycles. The van der Waals surface area contributed by atoms with Gasteiger partial charge in [-0.25, -0.2) is 4.79 Å². The largest absolute Gasteiger partial charge is 0.467 e. The Hall–Kier alpha value is -2.17. The van der Waals surface area contributed by atoms with E-state index in [-0.39, 0.29) is 0 Å². The normalized spacial score (nSPS) is 24.0. The summed E-state index contributed by atoms with van der Waals surface area (Å²) in [5.41, 5.74) is -0.269. The Morgan fingerprint density at radius 1 is 1.22 bits per heavy atom. The molecule has 2 rings (SSSR count). The third-order valence-electron chi connectivity index (χ3n) is 3.84. The van der Waals surface area contributed by atoms with Gasteiger partial charge in [-0.15, -0.1) is 0 Å². The molecule has 1 aliphatic heterocycles. The van der Waals surface area contributed by atoms with Crippen molar-refractivity contribution in [1.29, 1.82) is 0 Å². The number of rotatable bonds is 3. The minimum Gasteiger partial charge on any atom is -0.467 e. The first-order chi connectivity index (χ1) is 10.7. The first-order valence-electron chi connectivity index (χ1n) is 7.63. The van der Waals surface area contributed by atoms with Gasteiger partial charge in [0.15, 0.2) is 5.54 Å². The molecule has 0 saturated heterocycles. The molecule has 1 aliphatic rings. The molecule has 23 heavy (non-hydrogen) atoms. The molecule has 0 unspecified atom stereocenters. The standard InChI is InChI=1S/C18H23NO4/c1-17(2,3)23-15(20)13-11-14(12-9-7-6-8-10-12)19-18(13,4)16(21)22-5/h6-10,13H,11H2,1-5H3/t13-,18+/m0/s1. The summed E-state index contributed by atoms with van der Waals surface area (Å²) in [6.45, 7) is 7.03. The van der Waals surface area contributed by atoms with Crippen LogP contribution in [0.2, 0.25) is 0 Å². The van der Waals surface area contributed by atoms with Gasteiger partial charge in [0.25, 0.3) is 0 Å². The molecule has 124 valence electrons. The summed E-state index contributed by atoms with van der Waals surface area (Å²) in [6.07, 6.45) is 0.352. The molecule has 2 atom stereocenters. The number of hydrogen-bond acceptors (Lipinski definition) is 5. The van der Waals surface area contributed by atoms with E-state index >= 15 is 0 Å². The Balaban J connectivity index is 2.36. The highest BCUT2D eigenvalue weighted by Gasteiger charge is 2.52. The molecule has 0 aliphatic carbocycles. The summed E-state index contributed by atoms with van der Waals surface area (Å²) in [5.74, 6) is -1.65. The van der Waals surface area contributed by atoms with Crippen molar-refractivity contribution in [2.24, 2.45) is 10.9 Å². The zero-order valence-electron chi connectivity index (χ0n) is 14.3. The zero-order chi connectivity index (χ0) is 17.3. The van der Waals surface area contributed by atoms with E-state index in [4.69, 9.17) is 9.47 Å². The first-order valence-corrected chi connectivity index (χ1v) is 7.63. The van der Waals surface area contributed by atoms with E-state index in [1.54, 1.807) is 27.7 Å². The minimum absolute atomic E-state index is 0.352. The van der Waals surface area contributed by atoms with Crippen molar-refractivity contribution in [3.8, 4) is 0 Å². The van der Waals surface area contributed by atoms with Crippen LogP contribution < -0.4 is 0 Å². The molecule has 0 fully saturated rings. The highest BCUT2D eigenvalue weighted by Crippen LogP contribution is 2.37. The Morgan fingerprint density at radius 2 is 1.83 bits per heavy atom. The van der Waals surface area contributed by atoms with Crippen molar-refractivity contribution in [2.45, 2.75) is 45.3 Å². The highest BCUT2D eigenvalue weighted by atomic mass is 16.6. The summed E-state index contributed by atoms with van der Waals surface area (Å²) in [4.78, 5) is 29.4. The lowest BCUT2D eigenvalue weighted by molar-refractivity contribution is -0.167. The predicted molar refractivity (Wildman–Crippen MR) is 87.4 cm³/mol. The summed E-state index contributed by atoms with van der Waals surface area (Å²) in [7, 11) is 1.30. The number of esters is 2. The van der Waals surface area contributed by atoms with E-state index in [0.717, 1.165) is 5.56 Å². The highest BCUT2D eigenvalue weighted by molar-refractivity contribution is 6.08. The van der Waals surface area contributed by atoms with Crippen LogP contribution in [0.25, 0.3) is 0 Å². The second kappa shape index (κ2) is 6.14. The maximum atomic E-state index is 12.6. The molecule has 0 amide bonds. The van der Waals surface area contributed by atoms with E-state index in [1.807, 2.05) is 30.3 Å². The zero-order valence-corrected chi connectivity index (χ0v) is 14.3. The van der Waals surface area contributed by atoms with Crippen LogP contribution in [-0.4, -0.2) is 35.9 Å². The lowest BCUT2D eigenvalue weighted by atomic mass is 9.85. The molecule has 0 radical (unpaired) electrons. The molecule has 1 aromatic rings. The molecule has 1 aromatic carbocycles. The van der Waals surface area contributed by atoms with Crippen LogP contribution in [0.3, 0.4) is 0 Å². The Kier molecular flexibility index (Phi) is 4.59. The van der Waals surface area contributed by atoms with Crippen LogP contribution >= 0.6 is 0 Å². The molecule has 5 nitrogen and oxygen atoms in total. The predicted octanol–water partition coefficient (Wildman–Crippen LogP) is 2.77. The van der Waals surface area contributed by atoms with Crippen LogP contribution in [0.15, 0.2) is 35.3 Å². The molecular formula is C18H23NO4. The van der Waals surface area contributed by atoms with Crippen molar-refractivity contribution >= 4 is 17.7 Å². The third-order valence-corrected chi connectivity index (χ3v) is 3.84. The van der Waals surface area contributed by atoms with Crippen LogP contribution in [0, 0.1) is 5.92 Å². The Labute approximate surface area is 136 Å². The van der Waals surface area contributed by atoms with Gasteiger partial charge in [0.05, 0.1) is 13.0 Å². The fourth-order valence-electron chi connectivity index (χ4n) is 2.69. The molecular weight excluding hydrogens is 294 g/mol. The fraction of sp³-hybridized carbons (Fsp3) is 0.500. The number of benzene rings is 1. The van der Waals surface area contributed by atoms with Gasteiger partial charge in [0, 0.05) is 12.1 Å². The van der Waals surface area contributed by atoms with Crippen molar-refractivity contribution in [3.63, 3.8) is 0 Å². The first kappa shape index (κ1) is 17.2. The van der Waals surface area contributed by atoms with Crippen molar-refractivity contribution in [2.75, 3.05) is 7.11 Å². The van der Waals surface area contributed by atoms with Gasteiger partial charge in [-0.1, -0.05) is 30.3 Å². The molecule has 0 bridgehead atoms. The molecule has 5 heteroatoms. The van der Waals surface area contributed by atoms with Crippen LogP contribution in [0.5, 0.6) is 0 Å². The number of aliphatic imine (C=N–C) groups is 1. The van der Waals surface area contributed by atoms with Crippen molar-refractivity contribution in [3.05, 3.63) is 35.9 Å². The maximum Gasteiger partial charge on any atom is 0.334 e. The quantitative estimate of drug-likeness (QED) is 0.804. The van der Waals surface area contributed by atoms with Gasteiger partial charge in [0.2, 0.25) is 0 Å². The molecule has 0 spiro atoms. The van der Waals surface area contributed by atoms with E-state index in [1.165, 1.54) is 7.11 Å². The van der Waals surface area contributed by atoms with Gasteiger partial charge < -0.3 is 9.47 Å². The molecule has 1 heterocycles. The van der Waals surface area contributed by atoms with Crippen molar-refractivity contribution < 1.29 is 19.1 Å². The minimum atomic E-state index is -1.26. The van der Waals surface area contributed by atoms with E-state index < -0.39 is 29.0 Å². The summed E-state index contributed by atoms with van der Waals surface area (Å²) in [5, 5.41) is 0.